The molecule has 2 heterocycles. The molecule has 1 N–H and O–H groups in total. The van der Waals surface area contributed by atoms with E-state index in [4.69, 9.17) is 21.1 Å². The van der Waals surface area contributed by atoms with Gasteiger partial charge >= 0.3 is 0 Å². The first-order valence-electron chi connectivity index (χ1n) is 6.34. The van der Waals surface area contributed by atoms with Gasteiger partial charge in [-0.05, 0) is 12.1 Å². The summed E-state index contributed by atoms with van der Waals surface area (Å²) in [6.07, 6.45) is 2.27. The van der Waals surface area contributed by atoms with Gasteiger partial charge in [0.1, 0.15) is 10.8 Å². The van der Waals surface area contributed by atoms with Crippen LogP contribution in [0.15, 0.2) is 36.7 Å². The van der Waals surface area contributed by atoms with E-state index in [2.05, 4.69) is 15.3 Å². The van der Waals surface area contributed by atoms with Crippen LogP contribution in [-0.4, -0.2) is 29.1 Å². The van der Waals surface area contributed by atoms with E-state index >= 15 is 0 Å². The minimum atomic E-state index is -0.378. The second-order valence-electron chi connectivity index (χ2n) is 4.38. The number of carbonyl (C=O) groups is 1. The second kappa shape index (κ2) is 6.17. The van der Waals surface area contributed by atoms with Crippen LogP contribution in [0.4, 0.5) is 5.69 Å². The van der Waals surface area contributed by atoms with Gasteiger partial charge in [0.05, 0.1) is 25.6 Å². The van der Waals surface area contributed by atoms with Crippen molar-refractivity contribution in [2.45, 2.75) is 6.29 Å². The van der Waals surface area contributed by atoms with E-state index in [0.29, 0.717) is 18.9 Å². The lowest BCUT2D eigenvalue weighted by Crippen LogP contribution is -2.14. The highest BCUT2D eigenvalue weighted by Crippen LogP contribution is 2.25. The molecule has 21 heavy (non-hydrogen) atoms. The van der Waals surface area contributed by atoms with E-state index < -0.39 is 0 Å². The van der Waals surface area contributed by atoms with E-state index in [1.807, 2.05) is 12.1 Å². The highest BCUT2D eigenvalue weighted by atomic mass is 35.5. The van der Waals surface area contributed by atoms with Crippen LogP contribution in [-0.2, 0) is 9.47 Å². The summed E-state index contributed by atoms with van der Waals surface area (Å²) in [4.78, 5) is 19.8. The van der Waals surface area contributed by atoms with Crippen LogP contribution in [0.2, 0.25) is 5.15 Å². The molecule has 7 heteroatoms. The Morgan fingerprint density at radius 1 is 1.24 bits per heavy atom. The highest BCUT2D eigenvalue weighted by molar-refractivity contribution is 6.29. The first-order chi connectivity index (χ1) is 10.2. The molecule has 0 bridgehead atoms. The van der Waals surface area contributed by atoms with Crippen LogP contribution in [0.1, 0.15) is 22.3 Å². The topological polar surface area (TPSA) is 73.3 Å². The lowest BCUT2D eigenvalue weighted by atomic mass is 10.2. The largest absolute Gasteiger partial charge is 0.346 e. The number of nitrogens with one attached hydrogen (secondary N) is 1. The highest BCUT2D eigenvalue weighted by Gasteiger charge is 2.18. The summed E-state index contributed by atoms with van der Waals surface area (Å²) in [6, 6.07) is 7.29. The first kappa shape index (κ1) is 13.9. The number of carbonyl (C=O) groups excluding carboxylic acids is 1. The predicted molar refractivity (Wildman–Crippen MR) is 76.1 cm³/mol. The fourth-order valence-electron chi connectivity index (χ4n) is 1.94. The van der Waals surface area contributed by atoms with Crippen molar-refractivity contribution in [2.24, 2.45) is 0 Å². The van der Waals surface area contributed by atoms with Crippen LogP contribution >= 0.6 is 11.6 Å². The molecule has 0 spiro atoms. The SMILES string of the molecule is O=C(Nc1cccc(C2OCCO2)c1)c1cnc(Cl)cn1. The zero-order valence-electron chi connectivity index (χ0n) is 11.0. The van der Waals surface area contributed by atoms with Gasteiger partial charge in [0, 0.05) is 11.3 Å². The molecule has 1 saturated heterocycles. The van der Waals surface area contributed by atoms with Crippen molar-refractivity contribution < 1.29 is 14.3 Å². The summed E-state index contributed by atoms with van der Waals surface area (Å²) in [5.74, 6) is -0.357. The summed E-state index contributed by atoms with van der Waals surface area (Å²) in [7, 11) is 0. The van der Waals surface area contributed by atoms with Crippen molar-refractivity contribution in [3.63, 3.8) is 0 Å². The van der Waals surface area contributed by atoms with E-state index in [1.165, 1.54) is 12.4 Å². The number of nitrogens with zero attached hydrogens (tertiary/aromatic N) is 2. The third-order valence-electron chi connectivity index (χ3n) is 2.89. The Hall–Kier alpha value is -2.02. The molecule has 0 radical (unpaired) electrons. The molecule has 3 rings (SSSR count). The number of ether oxygens (including phenoxy) is 2. The zero-order chi connectivity index (χ0) is 14.7. The molecule has 0 unspecified atom stereocenters. The summed E-state index contributed by atoms with van der Waals surface area (Å²) >= 11 is 5.64. The fraction of sp³-hybridized carbons (Fsp3) is 0.214. The predicted octanol–water partition coefficient (Wildman–Crippen LogP) is 2.43. The Kier molecular flexibility index (Phi) is 4.10. The van der Waals surface area contributed by atoms with Crippen molar-refractivity contribution in [3.8, 4) is 0 Å². The quantitative estimate of drug-likeness (QED) is 0.942. The molecule has 108 valence electrons. The van der Waals surface area contributed by atoms with Gasteiger partial charge in [-0.3, -0.25) is 4.79 Å². The van der Waals surface area contributed by atoms with Gasteiger partial charge in [0.2, 0.25) is 0 Å². The zero-order valence-corrected chi connectivity index (χ0v) is 11.7. The number of anilines is 1. The molecule has 0 atom stereocenters. The van der Waals surface area contributed by atoms with Crippen molar-refractivity contribution in [1.29, 1.82) is 0 Å². The van der Waals surface area contributed by atoms with Crippen molar-refractivity contribution in [2.75, 3.05) is 18.5 Å². The number of rotatable bonds is 3. The maximum atomic E-state index is 12.0. The van der Waals surface area contributed by atoms with Crippen molar-refractivity contribution in [3.05, 3.63) is 53.1 Å². The molecule has 1 fully saturated rings. The van der Waals surface area contributed by atoms with Crippen molar-refractivity contribution in [1.82, 2.24) is 9.97 Å². The minimum absolute atomic E-state index is 0.193. The number of hydrogen-bond donors (Lipinski definition) is 1. The molecule has 2 aromatic rings. The van der Waals surface area contributed by atoms with E-state index in [-0.39, 0.29) is 23.0 Å². The number of benzene rings is 1. The Morgan fingerprint density at radius 2 is 2.05 bits per heavy atom. The minimum Gasteiger partial charge on any atom is -0.346 e. The molecule has 1 aliphatic heterocycles. The Morgan fingerprint density at radius 3 is 2.76 bits per heavy atom. The lowest BCUT2D eigenvalue weighted by Gasteiger charge is -2.11. The number of amides is 1. The monoisotopic (exact) mass is 305 g/mol. The molecule has 1 amide bonds. The Balaban J connectivity index is 1.73. The van der Waals surface area contributed by atoms with Gasteiger partial charge in [-0.2, -0.15) is 0 Å². The van der Waals surface area contributed by atoms with Gasteiger partial charge in [-0.25, -0.2) is 9.97 Å². The standard InChI is InChI=1S/C14H12ClN3O3/c15-12-8-16-11(7-17-12)13(19)18-10-3-1-2-9(6-10)14-20-4-5-21-14/h1-3,6-8,14H,4-5H2,(H,18,19). The molecule has 0 aliphatic carbocycles. The average Bonchev–Trinajstić information content (AvgIpc) is 3.02. The summed E-state index contributed by atoms with van der Waals surface area (Å²) in [5.41, 5.74) is 1.68. The van der Waals surface area contributed by atoms with Gasteiger partial charge in [0.15, 0.2) is 6.29 Å². The van der Waals surface area contributed by atoms with Crippen LogP contribution in [0, 0.1) is 0 Å². The van der Waals surface area contributed by atoms with E-state index in [0.717, 1.165) is 5.56 Å². The van der Waals surface area contributed by atoms with E-state index in [9.17, 15) is 4.79 Å². The molecule has 1 aliphatic rings. The average molecular weight is 306 g/mol. The van der Waals surface area contributed by atoms with Gasteiger partial charge in [-0.15, -0.1) is 0 Å². The fourth-order valence-corrected chi connectivity index (χ4v) is 2.04. The second-order valence-corrected chi connectivity index (χ2v) is 4.76. The third kappa shape index (κ3) is 3.36. The smallest absolute Gasteiger partial charge is 0.275 e. The molecule has 6 nitrogen and oxygen atoms in total. The maximum absolute atomic E-state index is 12.0. The molecule has 1 aromatic carbocycles. The molecular formula is C14H12ClN3O3. The van der Waals surface area contributed by atoms with Gasteiger partial charge in [0.25, 0.3) is 5.91 Å². The normalized spacial score (nSPS) is 15.1. The Labute approximate surface area is 126 Å². The Bertz CT molecular complexity index is 642. The number of halogens is 1. The van der Waals surface area contributed by atoms with Crippen LogP contribution in [0.3, 0.4) is 0 Å². The first-order valence-corrected chi connectivity index (χ1v) is 6.72. The maximum Gasteiger partial charge on any atom is 0.275 e. The molecule has 1 aromatic heterocycles. The van der Waals surface area contributed by atoms with Gasteiger partial charge in [-0.1, -0.05) is 23.7 Å². The number of hydrogen-bond acceptors (Lipinski definition) is 5. The third-order valence-corrected chi connectivity index (χ3v) is 3.09. The van der Waals surface area contributed by atoms with Crippen molar-refractivity contribution >= 4 is 23.2 Å². The number of aromatic nitrogens is 2. The summed E-state index contributed by atoms with van der Waals surface area (Å²) < 4.78 is 10.8. The lowest BCUT2D eigenvalue weighted by molar-refractivity contribution is -0.0440. The van der Waals surface area contributed by atoms with Crippen LogP contribution in [0.25, 0.3) is 0 Å². The summed E-state index contributed by atoms with van der Waals surface area (Å²) in [6.45, 7) is 1.14. The van der Waals surface area contributed by atoms with Crippen LogP contribution in [0.5, 0.6) is 0 Å². The van der Waals surface area contributed by atoms with Crippen LogP contribution < -0.4 is 5.32 Å². The van der Waals surface area contributed by atoms with E-state index in [1.54, 1.807) is 12.1 Å². The van der Waals surface area contributed by atoms with Gasteiger partial charge < -0.3 is 14.8 Å². The molecular weight excluding hydrogens is 294 g/mol. The summed E-state index contributed by atoms with van der Waals surface area (Å²) in [5, 5.41) is 2.99. The molecule has 0 saturated carbocycles.